The predicted molar refractivity (Wildman–Crippen MR) is 81.3 cm³/mol. The molecule has 104 valence electrons. The molecule has 0 aliphatic carbocycles. The molecular formula is C15H23N3S. The fourth-order valence-electron chi connectivity index (χ4n) is 2.84. The van der Waals surface area contributed by atoms with Gasteiger partial charge in [0.15, 0.2) is 0 Å². The second-order valence-corrected chi connectivity index (χ2v) is 7.57. The first-order valence-corrected chi connectivity index (χ1v) is 8.27. The minimum atomic E-state index is 0.398. The van der Waals surface area contributed by atoms with Crippen LogP contribution in [0.3, 0.4) is 0 Å². The van der Waals surface area contributed by atoms with Crippen molar-refractivity contribution in [2.24, 2.45) is 0 Å². The van der Waals surface area contributed by atoms with Crippen LogP contribution >= 0.6 is 11.8 Å². The summed E-state index contributed by atoms with van der Waals surface area (Å²) in [5.74, 6) is 3.09. The average Bonchev–Trinajstić information content (AvgIpc) is 2.37. The molecule has 1 aromatic heterocycles. The number of piperidine rings is 1. The van der Waals surface area contributed by atoms with Crippen LogP contribution in [0.15, 0.2) is 4.90 Å². The minimum Gasteiger partial charge on any atom is -0.354 e. The van der Waals surface area contributed by atoms with Gasteiger partial charge in [-0.3, -0.25) is 0 Å². The van der Waals surface area contributed by atoms with Gasteiger partial charge in [0.2, 0.25) is 0 Å². The number of anilines is 1. The molecule has 0 amide bonds. The van der Waals surface area contributed by atoms with Gasteiger partial charge in [0.1, 0.15) is 11.6 Å². The number of thioether (sulfide) groups is 1. The lowest BCUT2D eigenvalue weighted by atomic mass is 10.1. The zero-order chi connectivity index (χ0) is 13.6. The highest BCUT2D eigenvalue weighted by atomic mass is 32.2. The van der Waals surface area contributed by atoms with Crippen LogP contribution < -0.4 is 4.90 Å². The minimum absolute atomic E-state index is 0.398. The molecule has 1 unspecified atom stereocenters. The maximum absolute atomic E-state index is 4.87. The fraction of sp³-hybridized carbons (Fsp3) is 0.733. The third-order valence-corrected chi connectivity index (χ3v) is 5.26. The summed E-state index contributed by atoms with van der Waals surface area (Å²) in [5, 5.41) is 0.743. The Morgan fingerprint density at radius 3 is 2.63 bits per heavy atom. The van der Waals surface area contributed by atoms with Crippen LogP contribution in [-0.2, 0) is 0 Å². The van der Waals surface area contributed by atoms with E-state index in [1.165, 1.54) is 35.8 Å². The topological polar surface area (TPSA) is 29.0 Å². The molecule has 19 heavy (non-hydrogen) atoms. The molecule has 2 bridgehead atoms. The van der Waals surface area contributed by atoms with Crippen LogP contribution in [0.4, 0.5) is 5.82 Å². The number of fused-ring (bicyclic) bond motifs is 4. The smallest absolute Gasteiger partial charge is 0.146 e. The van der Waals surface area contributed by atoms with Gasteiger partial charge < -0.3 is 4.90 Å². The van der Waals surface area contributed by atoms with E-state index in [9.17, 15) is 0 Å². The highest BCUT2D eigenvalue weighted by Crippen LogP contribution is 2.44. The third kappa shape index (κ3) is 2.35. The highest BCUT2D eigenvalue weighted by Gasteiger charge is 2.33. The largest absolute Gasteiger partial charge is 0.354 e. The van der Waals surface area contributed by atoms with Gasteiger partial charge in [-0.15, -0.1) is 11.8 Å². The van der Waals surface area contributed by atoms with Crippen molar-refractivity contribution in [3.63, 3.8) is 0 Å². The lowest BCUT2D eigenvalue weighted by Crippen LogP contribution is -2.41. The van der Waals surface area contributed by atoms with E-state index in [1.54, 1.807) is 0 Å². The Hall–Kier alpha value is -0.770. The van der Waals surface area contributed by atoms with Gasteiger partial charge in [0.25, 0.3) is 0 Å². The molecule has 4 heteroatoms. The molecule has 1 aromatic rings. The average molecular weight is 277 g/mol. The molecule has 2 aliphatic rings. The molecule has 1 saturated heterocycles. The molecule has 0 spiro atoms. The van der Waals surface area contributed by atoms with Gasteiger partial charge in [-0.05, 0) is 18.8 Å². The summed E-state index contributed by atoms with van der Waals surface area (Å²) < 4.78 is 0. The van der Waals surface area contributed by atoms with Crippen LogP contribution in [0.25, 0.3) is 0 Å². The van der Waals surface area contributed by atoms with Gasteiger partial charge in [-0.2, -0.15) is 0 Å². The van der Waals surface area contributed by atoms with Crippen molar-refractivity contribution in [3.8, 4) is 0 Å². The maximum atomic E-state index is 4.87. The first kappa shape index (κ1) is 13.2. The summed E-state index contributed by atoms with van der Waals surface area (Å²) in [4.78, 5) is 13.6. The first-order chi connectivity index (χ1) is 9.06. The van der Waals surface area contributed by atoms with Crippen molar-refractivity contribution in [2.75, 3.05) is 18.0 Å². The SMILES string of the molecule is CC(C)c1nc(C(C)C)c2c(n1)N1CCCC(C1)S2. The standard InChI is InChI=1S/C15H23N3S/c1-9(2)12-13-15(17-14(16-12)10(3)4)18-7-5-6-11(8-18)19-13/h9-11H,5-8H2,1-4H3. The monoisotopic (exact) mass is 277 g/mol. The summed E-state index contributed by atoms with van der Waals surface area (Å²) in [7, 11) is 0. The van der Waals surface area contributed by atoms with E-state index in [0.717, 1.165) is 17.6 Å². The van der Waals surface area contributed by atoms with Gasteiger partial charge in [-0.1, -0.05) is 27.7 Å². The molecule has 0 radical (unpaired) electrons. The molecule has 0 N–H and O–H groups in total. The predicted octanol–water partition coefficient (Wildman–Crippen LogP) is 3.80. The Labute approximate surface area is 120 Å². The number of hydrogen-bond donors (Lipinski definition) is 0. The quantitative estimate of drug-likeness (QED) is 0.822. The molecule has 0 aromatic carbocycles. The molecule has 3 rings (SSSR count). The van der Waals surface area contributed by atoms with Gasteiger partial charge in [-0.25, -0.2) is 9.97 Å². The number of rotatable bonds is 2. The highest BCUT2D eigenvalue weighted by molar-refractivity contribution is 8.00. The normalized spacial score (nSPS) is 22.0. The maximum Gasteiger partial charge on any atom is 0.146 e. The van der Waals surface area contributed by atoms with Crippen LogP contribution in [0.1, 0.15) is 63.9 Å². The van der Waals surface area contributed by atoms with Crippen molar-refractivity contribution < 1.29 is 0 Å². The molecule has 3 heterocycles. The molecular weight excluding hydrogens is 254 g/mol. The van der Waals surface area contributed by atoms with E-state index in [0.29, 0.717) is 11.8 Å². The summed E-state index contributed by atoms with van der Waals surface area (Å²) >= 11 is 2.02. The van der Waals surface area contributed by atoms with Gasteiger partial charge in [0, 0.05) is 24.3 Å². The van der Waals surface area contributed by atoms with Crippen LogP contribution in [0.5, 0.6) is 0 Å². The fourth-order valence-corrected chi connectivity index (χ4v) is 4.40. The first-order valence-electron chi connectivity index (χ1n) is 7.39. The third-order valence-electron chi connectivity index (χ3n) is 3.92. The van der Waals surface area contributed by atoms with Crippen molar-refractivity contribution in [1.82, 2.24) is 9.97 Å². The van der Waals surface area contributed by atoms with E-state index in [4.69, 9.17) is 9.97 Å². The molecule has 1 fully saturated rings. The lowest BCUT2D eigenvalue weighted by molar-refractivity contribution is 0.564. The summed E-state index contributed by atoms with van der Waals surface area (Å²) in [6, 6.07) is 0. The van der Waals surface area contributed by atoms with Crippen molar-refractivity contribution in [3.05, 3.63) is 11.5 Å². The molecule has 1 atom stereocenters. The van der Waals surface area contributed by atoms with E-state index in [1.807, 2.05) is 11.8 Å². The van der Waals surface area contributed by atoms with Crippen LogP contribution in [0.2, 0.25) is 0 Å². The molecule has 0 saturated carbocycles. The van der Waals surface area contributed by atoms with Crippen LogP contribution in [-0.4, -0.2) is 28.3 Å². The van der Waals surface area contributed by atoms with E-state index >= 15 is 0 Å². The van der Waals surface area contributed by atoms with Crippen molar-refractivity contribution in [2.45, 2.75) is 62.5 Å². The van der Waals surface area contributed by atoms with Crippen molar-refractivity contribution >= 4 is 17.6 Å². The van der Waals surface area contributed by atoms with E-state index in [-0.39, 0.29) is 0 Å². The van der Waals surface area contributed by atoms with E-state index in [2.05, 4.69) is 32.6 Å². The Morgan fingerprint density at radius 1 is 1.16 bits per heavy atom. The second-order valence-electron chi connectivity index (χ2n) is 6.26. The molecule has 3 nitrogen and oxygen atoms in total. The number of aromatic nitrogens is 2. The zero-order valence-corrected chi connectivity index (χ0v) is 13.1. The summed E-state index contributed by atoms with van der Waals surface area (Å²) in [5.41, 5.74) is 1.26. The van der Waals surface area contributed by atoms with Crippen LogP contribution in [0, 0.1) is 0 Å². The van der Waals surface area contributed by atoms with Crippen molar-refractivity contribution in [1.29, 1.82) is 0 Å². The number of nitrogens with zero attached hydrogens (tertiary/aromatic N) is 3. The Bertz CT molecular complexity index is 485. The number of hydrogen-bond acceptors (Lipinski definition) is 4. The Balaban J connectivity index is 2.13. The Morgan fingerprint density at radius 2 is 1.95 bits per heavy atom. The summed E-state index contributed by atoms with van der Waals surface area (Å²) in [6.07, 6.45) is 2.64. The lowest BCUT2D eigenvalue weighted by Gasteiger charge is -2.40. The summed E-state index contributed by atoms with van der Waals surface area (Å²) in [6.45, 7) is 11.2. The molecule has 2 aliphatic heterocycles. The second kappa shape index (κ2) is 4.97. The van der Waals surface area contributed by atoms with Gasteiger partial charge in [0.05, 0.1) is 10.6 Å². The Kier molecular flexibility index (Phi) is 3.46. The van der Waals surface area contributed by atoms with Gasteiger partial charge >= 0.3 is 0 Å². The van der Waals surface area contributed by atoms with E-state index < -0.39 is 0 Å². The zero-order valence-electron chi connectivity index (χ0n) is 12.3.